The van der Waals surface area contributed by atoms with E-state index in [2.05, 4.69) is 35.9 Å². The Morgan fingerprint density at radius 3 is 2.88 bits per heavy atom. The zero-order valence-corrected chi connectivity index (χ0v) is 14.5. The number of aromatic amines is 1. The van der Waals surface area contributed by atoms with Gasteiger partial charge in [-0.15, -0.1) is 0 Å². The molecule has 7 heteroatoms. The molecule has 4 rings (SSSR count). The van der Waals surface area contributed by atoms with E-state index in [9.17, 15) is 0 Å². The second-order valence-corrected chi connectivity index (χ2v) is 6.49. The zero-order valence-electron chi connectivity index (χ0n) is 14.5. The number of nitrogens with zero attached hydrogens (tertiary/aromatic N) is 6. The summed E-state index contributed by atoms with van der Waals surface area (Å²) in [6.45, 7) is 5.85. The Morgan fingerprint density at radius 2 is 2.12 bits per heavy atom. The Balaban J connectivity index is 1.61. The molecular formula is C18H21N7. The molecule has 1 atom stereocenters. The van der Waals surface area contributed by atoms with Crippen molar-refractivity contribution < 1.29 is 0 Å². The molecule has 4 heterocycles. The van der Waals surface area contributed by atoms with Gasteiger partial charge < -0.3 is 9.88 Å². The second-order valence-electron chi connectivity index (χ2n) is 6.49. The highest BCUT2D eigenvalue weighted by molar-refractivity contribution is 5.50. The van der Waals surface area contributed by atoms with Gasteiger partial charge in [-0.05, 0) is 38.8 Å². The largest absolute Gasteiger partial charge is 0.356 e. The van der Waals surface area contributed by atoms with Gasteiger partial charge in [0.1, 0.15) is 23.7 Å². The third-order valence-electron chi connectivity index (χ3n) is 4.53. The maximum atomic E-state index is 4.71. The van der Waals surface area contributed by atoms with Gasteiger partial charge in [0.15, 0.2) is 5.82 Å². The summed E-state index contributed by atoms with van der Waals surface area (Å²) in [5.74, 6) is 2.92. The van der Waals surface area contributed by atoms with Gasteiger partial charge in [0.2, 0.25) is 0 Å². The highest BCUT2D eigenvalue weighted by atomic mass is 15.2. The summed E-state index contributed by atoms with van der Waals surface area (Å²) in [4.78, 5) is 27.6. The first-order valence-corrected chi connectivity index (χ1v) is 8.57. The summed E-state index contributed by atoms with van der Waals surface area (Å²) in [5.41, 5.74) is 2.96. The smallest absolute Gasteiger partial charge is 0.156 e. The number of imidazole rings is 1. The predicted octanol–water partition coefficient (Wildman–Crippen LogP) is 2.66. The number of aryl methyl sites for hydroxylation is 2. The quantitative estimate of drug-likeness (QED) is 0.792. The van der Waals surface area contributed by atoms with E-state index < -0.39 is 0 Å². The van der Waals surface area contributed by atoms with Crippen molar-refractivity contribution in [2.45, 2.75) is 32.6 Å². The van der Waals surface area contributed by atoms with Gasteiger partial charge in [-0.3, -0.25) is 0 Å². The summed E-state index contributed by atoms with van der Waals surface area (Å²) in [5, 5.41) is 0. The normalized spacial score (nSPS) is 17.7. The molecule has 0 bridgehead atoms. The fourth-order valence-corrected chi connectivity index (χ4v) is 3.36. The van der Waals surface area contributed by atoms with Crippen LogP contribution in [0.15, 0.2) is 30.9 Å². The molecule has 1 fully saturated rings. The van der Waals surface area contributed by atoms with Gasteiger partial charge >= 0.3 is 0 Å². The minimum absolute atomic E-state index is 0.361. The third-order valence-corrected chi connectivity index (χ3v) is 4.53. The molecule has 3 aromatic heterocycles. The fraction of sp³-hybridized carbons (Fsp3) is 0.389. The summed E-state index contributed by atoms with van der Waals surface area (Å²) < 4.78 is 0. The van der Waals surface area contributed by atoms with Gasteiger partial charge in [-0.25, -0.2) is 24.9 Å². The first kappa shape index (κ1) is 15.7. The van der Waals surface area contributed by atoms with Gasteiger partial charge in [-0.1, -0.05) is 0 Å². The molecule has 0 amide bonds. The summed E-state index contributed by atoms with van der Waals surface area (Å²) in [6, 6.07) is 4.03. The maximum absolute atomic E-state index is 4.71. The Hall–Kier alpha value is -2.83. The minimum Gasteiger partial charge on any atom is -0.356 e. The van der Waals surface area contributed by atoms with Crippen LogP contribution in [0.4, 0.5) is 5.82 Å². The van der Waals surface area contributed by atoms with Gasteiger partial charge in [0, 0.05) is 42.8 Å². The Morgan fingerprint density at radius 1 is 1.20 bits per heavy atom. The Labute approximate surface area is 146 Å². The Bertz CT molecular complexity index is 859. The lowest BCUT2D eigenvalue weighted by Crippen LogP contribution is -2.35. The van der Waals surface area contributed by atoms with Crippen molar-refractivity contribution in [1.82, 2.24) is 29.9 Å². The lowest BCUT2D eigenvalue weighted by molar-refractivity contribution is 0.497. The van der Waals surface area contributed by atoms with Crippen LogP contribution in [-0.4, -0.2) is 43.0 Å². The number of piperidine rings is 1. The standard InChI is InChI=1S/C18H21N7/c1-12-9-20-18(22-12)16-8-15(23-13(2)24-16)14-4-3-7-25(10-14)17-5-6-19-11-21-17/h5-6,8-9,11,14H,3-4,7,10H2,1-2H3,(H,20,22). The van der Waals surface area contributed by atoms with E-state index in [1.807, 2.05) is 26.1 Å². The number of rotatable bonds is 3. The van der Waals surface area contributed by atoms with Crippen LogP contribution in [0.1, 0.15) is 36.0 Å². The predicted molar refractivity (Wildman–Crippen MR) is 95.3 cm³/mol. The molecule has 1 N–H and O–H groups in total. The van der Waals surface area contributed by atoms with E-state index in [-0.39, 0.29) is 0 Å². The van der Waals surface area contributed by atoms with Gasteiger partial charge in [0.25, 0.3) is 0 Å². The molecule has 0 aromatic carbocycles. The lowest BCUT2D eigenvalue weighted by Gasteiger charge is -2.33. The van der Waals surface area contributed by atoms with E-state index in [0.717, 1.165) is 60.5 Å². The third kappa shape index (κ3) is 3.35. The first-order chi connectivity index (χ1) is 12.2. The van der Waals surface area contributed by atoms with E-state index in [0.29, 0.717) is 5.92 Å². The van der Waals surface area contributed by atoms with Crippen LogP contribution in [0.25, 0.3) is 11.5 Å². The molecule has 3 aromatic rings. The molecular weight excluding hydrogens is 314 g/mol. The minimum atomic E-state index is 0.361. The molecule has 25 heavy (non-hydrogen) atoms. The second kappa shape index (κ2) is 6.58. The molecule has 0 saturated carbocycles. The van der Waals surface area contributed by atoms with Crippen molar-refractivity contribution in [2.75, 3.05) is 18.0 Å². The van der Waals surface area contributed by atoms with E-state index in [1.165, 1.54) is 0 Å². The number of hydrogen-bond donors (Lipinski definition) is 1. The topological polar surface area (TPSA) is 83.5 Å². The zero-order chi connectivity index (χ0) is 17.2. The Kier molecular flexibility index (Phi) is 4.13. The SMILES string of the molecule is Cc1nc(-c2ncc(C)[nH]2)cc(C2CCCN(c3ccncn3)C2)n1. The number of hydrogen-bond acceptors (Lipinski definition) is 6. The first-order valence-electron chi connectivity index (χ1n) is 8.57. The van der Waals surface area contributed by atoms with Crippen molar-refractivity contribution in [2.24, 2.45) is 0 Å². The number of aromatic nitrogens is 6. The molecule has 128 valence electrons. The van der Waals surface area contributed by atoms with Crippen LogP contribution >= 0.6 is 0 Å². The van der Waals surface area contributed by atoms with Crippen LogP contribution in [-0.2, 0) is 0 Å². The molecule has 1 unspecified atom stereocenters. The van der Waals surface area contributed by atoms with Crippen LogP contribution in [0.2, 0.25) is 0 Å². The van der Waals surface area contributed by atoms with Crippen LogP contribution in [0, 0.1) is 13.8 Å². The molecule has 1 aliphatic rings. The fourth-order valence-electron chi connectivity index (χ4n) is 3.36. The van der Waals surface area contributed by atoms with Crippen molar-refractivity contribution in [3.05, 3.63) is 48.1 Å². The summed E-state index contributed by atoms with van der Waals surface area (Å²) in [7, 11) is 0. The molecule has 0 radical (unpaired) electrons. The lowest BCUT2D eigenvalue weighted by atomic mass is 9.94. The number of anilines is 1. The molecule has 7 nitrogen and oxygen atoms in total. The number of H-pyrrole nitrogens is 1. The van der Waals surface area contributed by atoms with Crippen LogP contribution in [0.3, 0.4) is 0 Å². The number of nitrogens with one attached hydrogen (secondary N) is 1. The van der Waals surface area contributed by atoms with E-state index in [4.69, 9.17) is 4.98 Å². The van der Waals surface area contributed by atoms with Crippen molar-refractivity contribution >= 4 is 5.82 Å². The summed E-state index contributed by atoms with van der Waals surface area (Å²) >= 11 is 0. The average molecular weight is 335 g/mol. The highest BCUT2D eigenvalue weighted by Gasteiger charge is 2.24. The molecule has 0 spiro atoms. The van der Waals surface area contributed by atoms with Crippen LogP contribution in [0.5, 0.6) is 0 Å². The van der Waals surface area contributed by atoms with Crippen LogP contribution < -0.4 is 4.90 Å². The van der Waals surface area contributed by atoms with Gasteiger partial charge in [0.05, 0.1) is 0 Å². The highest BCUT2D eigenvalue weighted by Crippen LogP contribution is 2.29. The molecule has 1 saturated heterocycles. The monoisotopic (exact) mass is 335 g/mol. The van der Waals surface area contributed by atoms with Gasteiger partial charge in [-0.2, -0.15) is 0 Å². The molecule has 0 aliphatic carbocycles. The maximum Gasteiger partial charge on any atom is 0.156 e. The summed E-state index contributed by atoms with van der Waals surface area (Å²) in [6.07, 6.45) is 7.45. The van der Waals surface area contributed by atoms with E-state index >= 15 is 0 Å². The van der Waals surface area contributed by atoms with Crippen molar-refractivity contribution in [3.8, 4) is 11.5 Å². The van der Waals surface area contributed by atoms with Crippen molar-refractivity contribution in [3.63, 3.8) is 0 Å². The van der Waals surface area contributed by atoms with Crippen molar-refractivity contribution in [1.29, 1.82) is 0 Å². The molecule has 1 aliphatic heterocycles. The van der Waals surface area contributed by atoms with E-state index in [1.54, 1.807) is 12.5 Å². The average Bonchev–Trinajstić information content (AvgIpc) is 3.09.